The van der Waals surface area contributed by atoms with Gasteiger partial charge in [0.25, 0.3) is 0 Å². The SMILES string of the molecule is CC[C@H](O)c1ccccc1Oc1ccc2c(c1)CCCC2. The Bertz CT molecular complexity index is 619. The van der Waals surface area contributed by atoms with Crippen LogP contribution in [-0.4, -0.2) is 5.11 Å². The molecule has 0 heterocycles. The molecule has 0 bridgehead atoms. The summed E-state index contributed by atoms with van der Waals surface area (Å²) in [4.78, 5) is 0. The molecule has 1 aliphatic carbocycles. The van der Waals surface area contributed by atoms with E-state index < -0.39 is 6.10 Å². The van der Waals surface area contributed by atoms with Gasteiger partial charge in [-0.3, -0.25) is 0 Å². The molecular formula is C19H22O2. The van der Waals surface area contributed by atoms with Crippen LogP contribution >= 0.6 is 0 Å². The Labute approximate surface area is 126 Å². The molecular weight excluding hydrogens is 260 g/mol. The molecule has 0 amide bonds. The molecule has 2 heteroatoms. The molecule has 2 aromatic rings. The number of hydrogen-bond acceptors (Lipinski definition) is 2. The zero-order valence-corrected chi connectivity index (χ0v) is 12.5. The maximum absolute atomic E-state index is 10.1. The van der Waals surface area contributed by atoms with Gasteiger partial charge in [-0.2, -0.15) is 0 Å². The van der Waals surface area contributed by atoms with Crippen LogP contribution in [0.3, 0.4) is 0 Å². The van der Waals surface area contributed by atoms with Gasteiger partial charge in [0.1, 0.15) is 11.5 Å². The lowest BCUT2D eigenvalue weighted by atomic mass is 9.92. The second-order valence-corrected chi connectivity index (χ2v) is 5.70. The van der Waals surface area contributed by atoms with Crippen LogP contribution in [-0.2, 0) is 12.8 Å². The summed E-state index contributed by atoms with van der Waals surface area (Å²) in [7, 11) is 0. The Kier molecular flexibility index (Phi) is 4.26. The summed E-state index contributed by atoms with van der Waals surface area (Å²) in [6.45, 7) is 1.97. The molecule has 3 rings (SSSR count). The third-order valence-electron chi connectivity index (χ3n) is 4.21. The smallest absolute Gasteiger partial charge is 0.133 e. The molecule has 1 N–H and O–H groups in total. The number of aliphatic hydroxyl groups excluding tert-OH is 1. The predicted molar refractivity (Wildman–Crippen MR) is 84.9 cm³/mol. The quantitative estimate of drug-likeness (QED) is 0.872. The third kappa shape index (κ3) is 3.11. The molecule has 0 radical (unpaired) electrons. The van der Waals surface area contributed by atoms with Crippen LogP contribution in [0.4, 0.5) is 0 Å². The fourth-order valence-corrected chi connectivity index (χ4v) is 2.97. The number of benzene rings is 2. The number of para-hydroxylation sites is 1. The molecule has 0 aromatic heterocycles. The van der Waals surface area contributed by atoms with E-state index in [0.29, 0.717) is 6.42 Å². The van der Waals surface area contributed by atoms with Crippen molar-refractivity contribution in [3.05, 3.63) is 59.2 Å². The molecule has 0 saturated carbocycles. The summed E-state index contributed by atoms with van der Waals surface area (Å²) in [5, 5.41) is 10.1. The van der Waals surface area contributed by atoms with E-state index in [4.69, 9.17) is 4.74 Å². The van der Waals surface area contributed by atoms with E-state index in [1.165, 1.54) is 30.4 Å². The molecule has 0 aliphatic heterocycles. The van der Waals surface area contributed by atoms with E-state index >= 15 is 0 Å². The first-order chi connectivity index (χ1) is 10.3. The summed E-state index contributed by atoms with van der Waals surface area (Å²) < 4.78 is 6.04. The lowest BCUT2D eigenvalue weighted by molar-refractivity contribution is 0.170. The van der Waals surface area contributed by atoms with Gasteiger partial charge in [0.2, 0.25) is 0 Å². The number of ether oxygens (including phenoxy) is 1. The highest BCUT2D eigenvalue weighted by Crippen LogP contribution is 2.33. The fraction of sp³-hybridized carbons (Fsp3) is 0.368. The Morgan fingerprint density at radius 2 is 1.81 bits per heavy atom. The van der Waals surface area contributed by atoms with Crippen molar-refractivity contribution in [3.63, 3.8) is 0 Å². The van der Waals surface area contributed by atoms with E-state index in [1.807, 2.05) is 37.3 Å². The monoisotopic (exact) mass is 282 g/mol. The zero-order valence-electron chi connectivity index (χ0n) is 12.5. The van der Waals surface area contributed by atoms with Crippen LogP contribution in [0.1, 0.15) is 49.0 Å². The first-order valence-corrected chi connectivity index (χ1v) is 7.84. The van der Waals surface area contributed by atoms with Crippen molar-refractivity contribution in [2.45, 2.75) is 45.1 Å². The van der Waals surface area contributed by atoms with Crippen molar-refractivity contribution < 1.29 is 9.84 Å². The highest BCUT2D eigenvalue weighted by molar-refractivity contribution is 5.42. The number of aryl methyl sites for hydroxylation is 2. The lowest BCUT2D eigenvalue weighted by Gasteiger charge is -2.18. The molecule has 0 spiro atoms. The van der Waals surface area contributed by atoms with E-state index in [-0.39, 0.29) is 0 Å². The second-order valence-electron chi connectivity index (χ2n) is 5.70. The minimum atomic E-state index is -0.473. The van der Waals surface area contributed by atoms with Crippen LogP contribution in [0.2, 0.25) is 0 Å². The first kappa shape index (κ1) is 14.2. The van der Waals surface area contributed by atoms with Gasteiger partial charge in [-0.05, 0) is 61.4 Å². The van der Waals surface area contributed by atoms with Gasteiger partial charge in [-0.25, -0.2) is 0 Å². The normalized spacial score (nSPS) is 15.3. The molecule has 1 atom stereocenters. The van der Waals surface area contributed by atoms with Crippen molar-refractivity contribution in [2.75, 3.05) is 0 Å². The zero-order chi connectivity index (χ0) is 14.7. The Hall–Kier alpha value is -1.80. The average molecular weight is 282 g/mol. The highest BCUT2D eigenvalue weighted by atomic mass is 16.5. The highest BCUT2D eigenvalue weighted by Gasteiger charge is 2.14. The van der Waals surface area contributed by atoms with Crippen molar-refractivity contribution in [3.8, 4) is 11.5 Å². The molecule has 0 unspecified atom stereocenters. The van der Waals surface area contributed by atoms with Gasteiger partial charge in [-0.15, -0.1) is 0 Å². The molecule has 110 valence electrons. The Balaban J connectivity index is 1.87. The van der Waals surface area contributed by atoms with Gasteiger partial charge < -0.3 is 9.84 Å². The number of aliphatic hydroxyl groups is 1. The fourth-order valence-electron chi connectivity index (χ4n) is 2.97. The van der Waals surface area contributed by atoms with Gasteiger partial charge in [-0.1, -0.05) is 31.2 Å². The van der Waals surface area contributed by atoms with Gasteiger partial charge in [0, 0.05) is 5.56 Å². The standard InChI is InChI=1S/C19H22O2/c1-2-18(20)17-9-5-6-10-19(17)21-16-12-11-14-7-3-4-8-15(14)13-16/h5-6,9-13,18,20H,2-4,7-8H2,1H3/t18-/m0/s1. The molecule has 2 aromatic carbocycles. The van der Waals surface area contributed by atoms with Crippen LogP contribution in [0.25, 0.3) is 0 Å². The number of fused-ring (bicyclic) bond motifs is 1. The predicted octanol–water partition coefficient (Wildman–Crippen LogP) is 4.80. The third-order valence-corrected chi connectivity index (χ3v) is 4.21. The summed E-state index contributed by atoms with van der Waals surface area (Å²) in [5.41, 5.74) is 3.72. The van der Waals surface area contributed by atoms with Crippen molar-refractivity contribution in [1.29, 1.82) is 0 Å². The summed E-state index contributed by atoms with van der Waals surface area (Å²) in [6.07, 6.45) is 5.09. The Morgan fingerprint density at radius 1 is 1.05 bits per heavy atom. The van der Waals surface area contributed by atoms with Crippen LogP contribution < -0.4 is 4.74 Å². The molecule has 21 heavy (non-hydrogen) atoms. The van der Waals surface area contributed by atoms with E-state index in [2.05, 4.69) is 12.1 Å². The maximum Gasteiger partial charge on any atom is 0.133 e. The molecule has 0 saturated heterocycles. The second kappa shape index (κ2) is 6.31. The van der Waals surface area contributed by atoms with E-state index in [9.17, 15) is 5.11 Å². The van der Waals surface area contributed by atoms with Crippen LogP contribution in [0.5, 0.6) is 11.5 Å². The Morgan fingerprint density at radius 3 is 2.62 bits per heavy atom. The van der Waals surface area contributed by atoms with Crippen molar-refractivity contribution in [1.82, 2.24) is 0 Å². The van der Waals surface area contributed by atoms with Gasteiger partial charge >= 0.3 is 0 Å². The molecule has 0 fully saturated rings. The summed E-state index contributed by atoms with van der Waals surface area (Å²) in [6, 6.07) is 14.1. The topological polar surface area (TPSA) is 29.5 Å². The van der Waals surface area contributed by atoms with Crippen LogP contribution in [0, 0.1) is 0 Å². The van der Waals surface area contributed by atoms with E-state index in [1.54, 1.807) is 0 Å². The van der Waals surface area contributed by atoms with E-state index in [0.717, 1.165) is 23.5 Å². The van der Waals surface area contributed by atoms with Crippen molar-refractivity contribution in [2.24, 2.45) is 0 Å². The average Bonchev–Trinajstić information content (AvgIpc) is 2.54. The van der Waals surface area contributed by atoms with Crippen molar-refractivity contribution >= 4 is 0 Å². The van der Waals surface area contributed by atoms with Crippen LogP contribution in [0.15, 0.2) is 42.5 Å². The summed E-state index contributed by atoms with van der Waals surface area (Å²) in [5.74, 6) is 1.62. The number of rotatable bonds is 4. The van der Waals surface area contributed by atoms with Gasteiger partial charge in [0.15, 0.2) is 0 Å². The first-order valence-electron chi connectivity index (χ1n) is 7.84. The lowest BCUT2D eigenvalue weighted by Crippen LogP contribution is -2.03. The summed E-state index contributed by atoms with van der Waals surface area (Å²) >= 11 is 0. The minimum Gasteiger partial charge on any atom is -0.457 e. The maximum atomic E-state index is 10.1. The largest absolute Gasteiger partial charge is 0.457 e. The number of hydrogen-bond donors (Lipinski definition) is 1. The molecule has 2 nitrogen and oxygen atoms in total. The van der Waals surface area contributed by atoms with Gasteiger partial charge in [0.05, 0.1) is 6.10 Å². The molecule has 1 aliphatic rings. The minimum absolute atomic E-state index is 0.473.